The number of carboxylic acid groups (broad SMARTS) is 1. The van der Waals surface area contributed by atoms with Crippen LogP contribution in [0.1, 0.15) is 45.4 Å². The standard InChI is InChI=1S/C13H22F3NO2/c1-2-3-4-5-6-8-17-9-7-12(10-17,11(18)19)13(14,15)16/h2-10H2,1H3,(H,18,19). The molecule has 1 heterocycles. The molecule has 6 heteroatoms. The molecule has 0 bridgehead atoms. The first-order chi connectivity index (χ1) is 8.83. The van der Waals surface area contributed by atoms with E-state index in [2.05, 4.69) is 6.92 Å². The smallest absolute Gasteiger partial charge is 0.406 e. The molecule has 112 valence electrons. The fourth-order valence-electron chi connectivity index (χ4n) is 2.55. The minimum atomic E-state index is -4.67. The number of rotatable bonds is 7. The van der Waals surface area contributed by atoms with Crippen molar-refractivity contribution < 1.29 is 23.1 Å². The van der Waals surface area contributed by atoms with Gasteiger partial charge in [0, 0.05) is 6.54 Å². The number of unbranched alkanes of at least 4 members (excludes halogenated alkanes) is 4. The van der Waals surface area contributed by atoms with Gasteiger partial charge in [0.15, 0.2) is 5.41 Å². The molecule has 0 aromatic rings. The van der Waals surface area contributed by atoms with Gasteiger partial charge in [-0.3, -0.25) is 4.79 Å². The maximum absolute atomic E-state index is 12.9. The number of carbonyl (C=O) groups is 1. The van der Waals surface area contributed by atoms with E-state index in [1.54, 1.807) is 4.90 Å². The van der Waals surface area contributed by atoms with Crippen LogP contribution < -0.4 is 0 Å². The summed E-state index contributed by atoms with van der Waals surface area (Å²) in [7, 11) is 0. The molecule has 19 heavy (non-hydrogen) atoms. The molecule has 0 radical (unpaired) electrons. The Morgan fingerprint density at radius 3 is 2.37 bits per heavy atom. The van der Waals surface area contributed by atoms with Crippen LogP contribution in [0.15, 0.2) is 0 Å². The second-order valence-corrected chi connectivity index (χ2v) is 5.33. The summed E-state index contributed by atoms with van der Waals surface area (Å²) in [5, 5.41) is 8.91. The number of alkyl halides is 3. The van der Waals surface area contributed by atoms with Crippen molar-refractivity contribution in [2.75, 3.05) is 19.6 Å². The van der Waals surface area contributed by atoms with Gasteiger partial charge in [-0.1, -0.05) is 32.6 Å². The molecule has 1 N–H and O–H groups in total. The molecule has 1 rings (SSSR count). The maximum Gasteiger partial charge on any atom is 0.406 e. The molecule has 1 aliphatic heterocycles. The topological polar surface area (TPSA) is 40.5 Å². The SMILES string of the molecule is CCCCCCCN1CCC(C(=O)O)(C(F)(F)F)C1. The predicted molar refractivity (Wildman–Crippen MR) is 65.9 cm³/mol. The number of likely N-dealkylation sites (tertiary alicyclic amines) is 1. The average molecular weight is 281 g/mol. The Morgan fingerprint density at radius 1 is 1.26 bits per heavy atom. The lowest BCUT2D eigenvalue weighted by Crippen LogP contribution is -2.47. The Bertz CT molecular complexity index is 307. The summed E-state index contributed by atoms with van der Waals surface area (Å²) in [6, 6.07) is 0. The molecule has 1 fully saturated rings. The third-order valence-electron chi connectivity index (χ3n) is 3.88. The molecule has 1 atom stereocenters. The number of hydrogen-bond acceptors (Lipinski definition) is 2. The summed E-state index contributed by atoms with van der Waals surface area (Å²) in [6.45, 7) is 2.49. The number of hydrogen-bond donors (Lipinski definition) is 1. The van der Waals surface area contributed by atoms with Crippen LogP contribution >= 0.6 is 0 Å². The number of aliphatic carboxylic acids is 1. The Hall–Kier alpha value is -0.780. The molecular weight excluding hydrogens is 259 g/mol. The van der Waals surface area contributed by atoms with Crippen LogP contribution in [0, 0.1) is 5.41 Å². The summed E-state index contributed by atoms with van der Waals surface area (Å²) in [6.07, 6.45) is 0.190. The van der Waals surface area contributed by atoms with E-state index in [1.165, 1.54) is 0 Å². The second kappa shape index (κ2) is 6.59. The van der Waals surface area contributed by atoms with E-state index in [0.717, 1.165) is 32.1 Å². The highest BCUT2D eigenvalue weighted by atomic mass is 19.4. The molecule has 0 aromatic heterocycles. The van der Waals surface area contributed by atoms with Crippen molar-refractivity contribution in [1.29, 1.82) is 0 Å². The Morgan fingerprint density at radius 2 is 1.89 bits per heavy atom. The monoisotopic (exact) mass is 281 g/mol. The third-order valence-corrected chi connectivity index (χ3v) is 3.88. The highest BCUT2D eigenvalue weighted by Gasteiger charge is 2.63. The van der Waals surface area contributed by atoms with E-state index in [-0.39, 0.29) is 13.0 Å². The molecule has 3 nitrogen and oxygen atoms in total. The van der Waals surface area contributed by atoms with Crippen molar-refractivity contribution in [2.45, 2.75) is 51.6 Å². The van der Waals surface area contributed by atoms with Crippen molar-refractivity contribution in [1.82, 2.24) is 4.90 Å². The predicted octanol–water partition coefficient (Wildman–Crippen LogP) is 3.30. The Balaban J connectivity index is 2.45. The number of carboxylic acids is 1. The van der Waals surface area contributed by atoms with E-state index in [4.69, 9.17) is 5.11 Å². The van der Waals surface area contributed by atoms with Crippen molar-refractivity contribution in [3.63, 3.8) is 0 Å². The summed E-state index contributed by atoms with van der Waals surface area (Å²) >= 11 is 0. The van der Waals surface area contributed by atoms with Gasteiger partial charge < -0.3 is 10.0 Å². The van der Waals surface area contributed by atoms with Gasteiger partial charge in [-0.25, -0.2) is 0 Å². The molecule has 0 spiro atoms. The Labute approximate surface area is 111 Å². The van der Waals surface area contributed by atoms with Crippen molar-refractivity contribution in [2.24, 2.45) is 5.41 Å². The second-order valence-electron chi connectivity index (χ2n) is 5.33. The van der Waals surface area contributed by atoms with Crippen molar-refractivity contribution in [3.8, 4) is 0 Å². The minimum absolute atomic E-state index is 0.222. The fraction of sp³-hybridized carbons (Fsp3) is 0.923. The molecule has 1 aliphatic rings. The zero-order valence-electron chi connectivity index (χ0n) is 11.3. The zero-order chi connectivity index (χ0) is 14.5. The van der Waals surface area contributed by atoms with E-state index < -0.39 is 24.1 Å². The highest BCUT2D eigenvalue weighted by Crippen LogP contribution is 2.45. The molecule has 0 aromatic carbocycles. The van der Waals surface area contributed by atoms with Gasteiger partial charge in [-0.2, -0.15) is 13.2 Å². The van der Waals surface area contributed by atoms with Gasteiger partial charge >= 0.3 is 12.1 Å². The maximum atomic E-state index is 12.9. The zero-order valence-corrected chi connectivity index (χ0v) is 11.3. The van der Waals surface area contributed by atoms with Crippen LogP contribution in [0.2, 0.25) is 0 Å². The average Bonchev–Trinajstić information content (AvgIpc) is 2.74. The van der Waals surface area contributed by atoms with Crippen LogP contribution in [0.3, 0.4) is 0 Å². The molecule has 0 saturated carbocycles. The number of halogens is 3. The van der Waals surface area contributed by atoms with Gasteiger partial charge in [0.05, 0.1) is 0 Å². The van der Waals surface area contributed by atoms with Crippen LogP contribution in [0.5, 0.6) is 0 Å². The fourth-order valence-corrected chi connectivity index (χ4v) is 2.55. The van der Waals surface area contributed by atoms with Crippen LogP contribution in [-0.2, 0) is 4.79 Å². The Kier molecular flexibility index (Phi) is 5.64. The van der Waals surface area contributed by atoms with Crippen molar-refractivity contribution >= 4 is 5.97 Å². The van der Waals surface area contributed by atoms with Gasteiger partial charge in [-0.05, 0) is 25.9 Å². The summed E-state index contributed by atoms with van der Waals surface area (Å²) in [4.78, 5) is 12.6. The van der Waals surface area contributed by atoms with E-state index in [0.29, 0.717) is 6.54 Å². The van der Waals surface area contributed by atoms with Crippen LogP contribution in [-0.4, -0.2) is 41.8 Å². The molecular formula is C13H22F3NO2. The van der Waals surface area contributed by atoms with Gasteiger partial charge in [0.1, 0.15) is 0 Å². The third kappa shape index (κ3) is 3.84. The first-order valence-corrected chi connectivity index (χ1v) is 6.86. The highest BCUT2D eigenvalue weighted by molar-refractivity contribution is 5.76. The largest absolute Gasteiger partial charge is 0.481 e. The van der Waals surface area contributed by atoms with E-state index in [9.17, 15) is 18.0 Å². The number of nitrogens with zero attached hydrogens (tertiary/aromatic N) is 1. The summed E-state index contributed by atoms with van der Waals surface area (Å²) in [5.41, 5.74) is -2.56. The van der Waals surface area contributed by atoms with E-state index in [1.807, 2.05) is 0 Å². The first-order valence-electron chi connectivity index (χ1n) is 6.86. The normalized spacial score (nSPS) is 24.8. The molecule has 0 aliphatic carbocycles. The molecule has 0 amide bonds. The van der Waals surface area contributed by atoms with E-state index >= 15 is 0 Å². The molecule has 1 unspecified atom stereocenters. The van der Waals surface area contributed by atoms with Gasteiger partial charge in [0.25, 0.3) is 0 Å². The minimum Gasteiger partial charge on any atom is -0.481 e. The van der Waals surface area contributed by atoms with Crippen molar-refractivity contribution in [3.05, 3.63) is 0 Å². The lowest BCUT2D eigenvalue weighted by atomic mass is 9.86. The van der Waals surface area contributed by atoms with Crippen LogP contribution in [0.25, 0.3) is 0 Å². The summed E-state index contributed by atoms with van der Waals surface area (Å²) < 4.78 is 38.8. The lowest BCUT2D eigenvalue weighted by molar-refractivity contribution is -0.227. The first kappa shape index (κ1) is 16.3. The molecule has 1 saturated heterocycles. The summed E-state index contributed by atoms with van der Waals surface area (Å²) in [5.74, 6) is -1.74. The quantitative estimate of drug-likeness (QED) is 0.728. The van der Waals surface area contributed by atoms with Gasteiger partial charge in [-0.15, -0.1) is 0 Å². The van der Waals surface area contributed by atoms with Crippen LogP contribution in [0.4, 0.5) is 13.2 Å². The van der Waals surface area contributed by atoms with Gasteiger partial charge in [0.2, 0.25) is 0 Å². The lowest BCUT2D eigenvalue weighted by Gasteiger charge is -2.27.